The second-order valence-electron chi connectivity index (χ2n) is 4.17. The van der Waals surface area contributed by atoms with E-state index >= 15 is 0 Å². The number of rotatable bonds is 1. The fourth-order valence-corrected chi connectivity index (χ4v) is 2.79. The third kappa shape index (κ3) is 0.861. The van der Waals surface area contributed by atoms with Crippen molar-refractivity contribution in [2.75, 3.05) is 7.11 Å². The van der Waals surface area contributed by atoms with Crippen molar-refractivity contribution >= 4 is 5.97 Å². The minimum atomic E-state index is -0.780. The molecule has 0 aromatic heterocycles. The summed E-state index contributed by atoms with van der Waals surface area (Å²) in [6, 6.07) is 2.16. The highest BCUT2D eigenvalue weighted by molar-refractivity contribution is 5.85. The summed E-state index contributed by atoms with van der Waals surface area (Å²) in [5.41, 5.74) is -0.785. The van der Waals surface area contributed by atoms with Gasteiger partial charge in [-0.25, -0.2) is 0 Å². The molecule has 0 N–H and O–H groups in total. The van der Waals surface area contributed by atoms with Crippen molar-refractivity contribution in [2.24, 2.45) is 10.8 Å². The van der Waals surface area contributed by atoms with Crippen LogP contribution >= 0.6 is 0 Å². The van der Waals surface area contributed by atoms with Gasteiger partial charge in [0.05, 0.1) is 13.2 Å². The molecule has 1 spiro atoms. The van der Waals surface area contributed by atoms with Crippen molar-refractivity contribution in [3.63, 3.8) is 0 Å². The van der Waals surface area contributed by atoms with E-state index in [1.54, 1.807) is 0 Å². The molecule has 2 aliphatic rings. The monoisotopic (exact) mass is 179 g/mol. The number of methoxy groups -OCH3 is 1. The van der Waals surface area contributed by atoms with Crippen LogP contribution in [0, 0.1) is 22.2 Å². The molecule has 0 aromatic rings. The zero-order chi connectivity index (χ0) is 9.53. The van der Waals surface area contributed by atoms with E-state index in [4.69, 9.17) is 10.00 Å². The number of nitriles is 1. The molecule has 2 rings (SSSR count). The second kappa shape index (κ2) is 2.47. The summed E-state index contributed by atoms with van der Waals surface area (Å²) in [5, 5.41) is 9.03. The molecular formula is C10H13NO2. The largest absolute Gasteiger partial charge is 0.468 e. The summed E-state index contributed by atoms with van der Waals surface area (Å²) in [7, 11) is 1.36. The Morgan fingerprint density at radius 1 is 1.46 bits per heavy atom. The first-order valence-electron chi connectivity index (χ1n) is 4.70. The lowest BCUT2D eigenvalue weighted by Crippen LogP contribution is -2.22. The summed E-state index contributed by atoms with van der Waals surface area (Å²) in [4.78, 5) is 11.4. The Labute approximate surface area is 77.7 Å². The van der Waals surface area contributed by atoms with E-state index in [2.05, 4.69) is 6.07 Å². The molecule has 0 heterocycles. The van der Waals surface area contributed by atoms with Gasteiger partial charge in [-0.1, -0.05) is 12.8 Å². The molecule has 0 saturated heterocycles. The zero-order valence-electron chi connectivity index (χ0n) is 7.80. The van der Waals surface area contributed by atoms with Gasteiger partial charge in [-0.2, -0.15) is 5.26 Å². The van der Waals surface area contributed by atoms with Crippen LogP contribution in [0.4, 0.5) is 0 Å². The normalized spacial score (nSPS) is 34.2. The Balaban J connectivity index is 2.23. The number of carbonyl (C=O) groups is 1. The van der Waals surface area contributed by atoms with Crippen molar-refractivity contribution in [3.8, 4) is 6.07 Å². The van der Waals surface area contributed by atoms with Crippen LogP contribution in [0.1, 0.15) is 32.1 Å². The average Bonchev–Trinajstić information content (AvgIpc) is 2.52. The summed E-state index contributed by atoms with van der Waals surface area (Å²) in [5.74, 6) is -0.322. The Kier molecular flexibility index (Phi) is 1.63. The summed E-state index contributed by atoms with van der Waals surface area (Å²) >= 11 is 0. The maximum Gasteiger partial charge on any atom is 0.326 e. The van der Waals surface area contributed by atoms with E-state index in [0.717, 1.165) is 32.1 Å². The van der Waals surface area contributed by atoms with Gasteiger partial charge in [-0.3, -0.25) is 4.79 Å². The lowest BCUT2D eigenvalue weighted by molar-refractivity contribution is -0.146. The molecular weight excluding hydrogens is 166 g/mol. The first-order chi connectivity index (χ1) is 6.21. The molecule has 70 valence electrons. The molecule has 2 aliphatic carbocycles. The quantitative estimate of drug-likeness (QED) is 0.575. The highest BCUT2D eigenvalue weighted by atomic mass is 16.5. The molecule has 0 amide bonds. The minimum Gasteiger partial charge on any atom is -0.468 e. The summed E-state index contributed by atoms with van der Waals surface area (Å²) in [6.07, 6.45) is 5.08. The van der Waals surface area contributed by atoms with Crippen molar-refractivity contribution in [1.82, 2.24) is 0 Å². The molecule has 3 heteroatoms. The van der Waals surface area contributed by atoms with Crippen molar-refractivity contribution in [1.29, 1.82) is 5.26 Å². The molecule has 1 atom stereocenters. The Bertz CT molecular complexity index is 286. The van der Waals surface area contributed by atoms with Gasteiger partial charge in [0.25, 0.3) is 0 Å². The predicted octanol–water partition coefficient (Wildman–Crippen LogP) is 1.63. The van der Waals surface area contributed by atoms with E-state index in [1.165, 1.54) is 7.11 Å². The van der Waals surface area contributed by atoms with E-state index < -0.39 is 5.41 Å². The zero-order valence-corrected chi connectivity index (χ0v) is 7.80. The summed E-state index contributed by atoms with van der Waals surface area (Å²) < 4.78 is 4.69. The molecule has 3 nitrogen and oxygen atoms in total. The first-order valence-corrected chi connectivity index (χ1v) is 4.70. The third-order valence-corrected chi connectivity index (χ3v) is 3.67. The highest BCUT2D eigenvalue weighted by Gasteiger charge is 2.73. The van der Waals surface area contributed by atoms with Gasteiger partial charge in [0.1, 0.15) is 0 Å². The molecule has 0 unspecified atom stereocenters. The summed E-state index contributed by atoms with van der Waals surface area (Å²) in [6.45, 7) is 0. The van der Waals surface area contributed by atoms with E-state index in [-0.39, 0.29) is 11.4 Å². The number of carbonyl (C=O) groups excluding carboxylic acids is 1. The van der Waals surface area contributed by atoms with Gasteiger partial charge < -0.3 is 4.74 Å². The van der Waals surface area contributed by atoms with Gasteiger partial charge in [0.15, 0.2) is 5.41 Å². The van der Waals surface area contributed by atoms with E-state index in [1.807, 2.05) is 0 Å². The molecule has 2 saturated carbocycles. The van der Waals surface area contributed by atoms with Crippen molar-refractivity contribution in [2.45, 2.75) is 32.1 Å². The number of ether oxygens (including phenoxy) is 1. The minimum absolute atomic E-state index is 0.00512. The van der Waals surface area contributed by atoms with Gasteiger partial charge in [-0.15, -0.1) is 0 Å². The first kappa shape index (κ1) is 8.55. The predicted molar refractivity (Wildman–Crippen MR) is 45.6 cm³/mol. The molecule has 0 aromatic carbocycles. The van der Waals surface area contributed by atoms with E-state index in [0.29, 0.717) is 0 Å². The average molecular weight is 179 g/mol. The van der Waals surface area contributed by atoms with Crippen LogP contribution in [0.25, 0.3) is 0 Å². The lowest BCUT2D eigenvalue weighted by atomic mass is 9.92. The van der Waals surface area contributed by atoms with E-state index in [9.17, 15) is 4.79 Å². The lowest BCUT2D eigenvalue weighted by Gasteiger charge is -2.11. The van der Waals surface area contributed by atoms with Gasteiger partial charge >= 0.3 is 5.97 Å². The van der Waals surface area contributed by atoms with Gasteiger partial charge in [0, 0.05) is 5.41 Å². The fourth-order valence-electron chi connectivity index (χ4n) is 2.79. The Morgan fingerprint density at radius 3 is 2.54 bits per heavy atom. The van der Waals surface area contributed by atoms with Crippen LogP contribution in [0.2, 0.25) is 0 Å². The number of nitrogens with zero attached hydrogens (tertiary/aromatic N) is 1. The number of hydrogen-bond acceptors (Lipinski definition) is 3. The van der Waals surface area contributed by atoms with Gasteiger partial charge in [0.2, 0.25) is 0 Å². The van der Waals surface area contributed by atoms with Crippen LogP contribution in [-0.4, -0.2) is 13.1 Å². The second-order valence-corrected chi connectivity index (χ2v) is 4.17. The molecule has 13 heavy (non-hydrogen) atoms. The molecule has 0 radical (unpaired) electrons. The van der Waals surface area contributed by atoms with Crippen LogP contribution in [-0.2, 0) is 9.53 Å². The fraction of sp³-hybridized carbons (Fsp3) is 0.800. The van der Waals surface area contributed by atoms with Crippen LogP contribution < -0.4 is 0 Å². The smallest absolute Gasteiger partial charge is 0.326 e. The number of hydrogen-bond donors (Lipinski definition) is 0. The molecule has 2 fully saturated rings. The highest BCUT2D eigenvalue weighted by Crippen LogP contribution is 2.71. The molecule has 0 bridgehead atoms. The van der Waals surface area contributed by atoms with Crippen LogP contribution in [0.15, 0.2) is 0 Å². The van der Waals surface area contributed by atoms with Gasteiger partial charge in [-0.05, 0) is 19.3 Å². The number of esters is 1. The third-order valence-electron chi connectivity index (χ3n) is 3.67. The SMILES string of the molecule is COC(=O)[C@@]1(C#N)CC12CCCC2. The maximum absolute atomic E-state index is 11.4. The standard InChI is InChI=1S/C10H13NO2/c1-13-8(12)10(7-11)6-9(10)4-2-3-5-9/h2-6H2,1H3/t10-/m0/s1. The van der Waals surface area contributed by atoms with Crippen molar-refractivity contribution < 1.29 is 9.53 Å². The Hall–Kier alpha value is -1.04. The van der Waals surface area contributed by atoms with Crippen LogP contribution in [0.3, 0.4) is 0 Å². The topological polar surface area (TPSA) is 50.1 Å². The van der Waals surface area contributed by atoms with Crippen LogP contribution in [0.5, 0.6) is 0 Å². The molecule has 0 aliphatic heterocycles. The maximum atomic E-state index is 11.4. The Morgan fingerprint density at radius 2 is 2.08 bits per heavy atom. The van der Waals surface area contributed by atoms with Crippen molar-refractivity contribution in [3.05, 3.63) is 0 Å².